The number of rotatable bonds is 7. The average Bonchev–Trinajstić information content (AvgIpc) is 3.30. The van der Waals surface area contributed by atoms with Crippen molar-refractivity contribution < 1.29 is 17.9 Å². The summed E-state index contributed by atoms with van der Waals surface area (Å²) in [6.07, 6.45) is 0.590. The lowest BCUT2D eigenvalue weighted by Crippen LogP contribution is -2.38. The maximum Gasteiger partial charge on any atom is 0.226 e. The van der Waals surface area contributed by atoms with Crippen LogP contribution in [-0.4, -0.2) is 54.1 Å². The molecule has 6 nitrogen and oxygen atoms in total. The molecule has 7 heteroatoms. The lowest BCUT2D eigenvalue weighted by Gasteiger charge is -2.26. The number of sulfone groups is 1. The first-order chi connectivity index (χ1) is 14.4. The van der Waals surface area contributed by atoms with Crippen LogP contribution in [-0.2, 0) is 16.4 Å². The molecule has 0 unspecified atom stereocenters. The second-order valence-electron chi connectivity index (χ2n) is 7.72. The second-order valence-corrected chi connectivity index (χ2v) is 9.94. The molecule has 158 valence electrons. The molecule has 0 bridgehead atoms. The molecule has 1 atom stereocenters. The molecule has 1 N–H and O–H groups in total. The predicted molar refractivity (Wildman–Crippen MR) is 117 cm³/mol. The molecule has 2 heterocycles. The van der Waals surface area contributed by atoms with Crippen LogP contribution in [0.4, 0.5) is 0 Å². The largest absolute Gasteiger partial charge is 0.441 e. The Morgan fingerprint density at radius 2 is 1.73 bits per heavy atom. The maximum atomic E-state index is 11.9. The molecule has 0 spiro atoms. The number of aromatic nitrogens is 1. The lowest BCUT2D eigenvalue weighted by atomic mass is 10.0. The van der Waals surface area contributed by atoms with Gasteiger partial charge in [-0.3, -0.25) is 4.90 Å². The Bertz CT molecular complexity index is 1090. The zero-order chi connectivity index (χ0) is 21.1. The third-order valence-corrected chi connectivity index (χ3v) is 7.35. The highest BCUT2D eigenvalue weighted by atomic mass is 32.2. The zero-order valence-electron chi connectivity index (χ0n) is 17.0. The third-order valence-electron chi connectivity index (χ3n) is 5.60. The van der Waals surface area contributed by atoms with E-state index < -0.39 is 9.84 Å². The third kappa shape index (κ3) is 4.64. The topological polar surface area (TPSA) is 83.6 Å². The Balaban J connectivity index is 1.52. The number of aliphatic hydroxyl groups excluding tert-OH is 1. The van der Waals surface area contributed by atoms with Gasteiger partial charge in [0, 0.05) is 24.7 Å². The quantitative estimate of drug-likeness (QED) is 0.624. The Labute approximate surface area is 177 Å². The Kier molecular flexibility index (Phi) is 6.04. The standard InChI is InChI=1S/C23H26N2O4S/c1-17-22(15-25(12-13-26)21-11-14-30(27,28)16-21)24-23(29-17)20-9-7-19(8-10-20)18-5-3-2-4-6-18/h2-10,21,26H,11-16H2,1H3/t21-/m1/s1. The van der Waals surface area contributed by atoms with Crippen LogP contribution in [0.3, 0.4) is 0 Å². The van der Waals surface area contributed by atoms with Gasteiger partial charge in [-0.2, -0.15) is 0 Å². The van der Waals surface area contributed by atoms with Crippen LogP contribution in [0.15, 0.2) is 59.0 Å². The monoisotopic (exact) mass is 426 g/mol. The van der Waals surface area contributed by atoms with Crippen LogP contribution in [0.5, 0.6) is 0 Å². The van der Waals surface area contributed by atoms with E-state index in [4.69, 9.17) is 4.42 Å². The molecule has 2 aromatic carbocycles. The van der Waals surface area contributed by atoms with Gasteiger partial charge in [-0.05, 0) is 36.6 Å². The van der Waals surface area contributed by atoms with Crippen molar-refractivity contribution in [1.82, 2.24) is 9.88 Å². The van der Waals surface area contributed by atoms with Crippen molar-refractivity contribution in [3.8, 4) is 22.6 Å². The minimum Gasteiger partial charge on any atom is -0.441 e. The normalized spacial score (nSPS) is 18.2. The van der Waals surface area contributed by atoms with Gasteiger partial charge in [0.05, 0.1) is 23.8 Å². The molecule has 0 radical (unpaired) electrons. The summed E-state index contributed by atoms with van der Waals surface area (Å²) < 4.78 is 29.6. The van der Waals surface area contributed by atoms with Gasteiger partial charge in [-0.25, -0.2) is 13.4 Å². The summed E-state index contributed by atoms with van der Waals surface area (Å²) in [4.78, 5) is 6.67. The van der Waals surface area contributed by atoms with Crippen molar-refractivity contribution in [2.75, 3.05) is 24.7 Å². The summed E-state index contributed by atoms with van der Waals surface area (Å²) in [7, 11) is -2.99. The average molecular weight is 427 g/mol. The number of aliphatic hydroxyl groups is 1. The number of aryl methyl sites for hydroxylation is 1. The van der Waals surface area contributed by atoms with Gasteiger partial charge in [0.1, 0.15) is 5.76 Å². The zero-order valence-corrected chi connectivity index (χ0v) is 17.8. The van der Waals surface area contributed by atoms with Crippen molar-refractivity contribution >= 4 is 9.84 Å². The number of benzene rings is 2. The summed E-state index contributed by atoms with van der Waals surface area (Å²) in [6, 6.07) is 18.2. The minimum absolute atomic E-state index is 0.0265. The van der Waals surface area contributed by atoms with Crippen molar-refractivity contribution in [3.63, 3.8) is 0 Å². The van der Waals surface area contributed by atoms with Gasteiger partial charge in [0.2, 0.25) is 5.89 Å². The van der Waals surface area contributed by atoms with Crippen molar-refractivity contribution in [3.05, 3.63) is 66.1 Å². The summed E-state index contributed by atoms with van der Waals surface area (Å²) in [5.41, 5.74) is 3.94. The lowest BCUT2D eigenvalue weighted by molar-refractivity contribution is 0.152. The highest BCUT2D eigenvalue weighted by Gasteiger charge is 2.32. The van der Waals surface area contributed by atoms with Gasteiger partial charge in [-0.1, -0.05) is 42.5 Å². The van der Waals surface area contributed by atoms with E-state index in [2.05, 4.69) is 17.1 Å². The minimum atomic E-state index is -2.99. The summed E-state index contributed by atoms with van der Waals surface area (Å²) in [6.45, 7) is 2.71. The number of hydrogen-bond acceptors (Lipinski definition) is 6. The van der Waals surface area contributed by atoms with Gasteiger partial charge in [0.25, 0.3) is 0 Å². The predicted octanol–water partition coefficient (Wildman–Crippen LogP) is 3.30. The summed E-state index contributed by atoms with van der Waals surface area (Å²) in [5, 5.41) is 9.44. The van der Waals surface area contributed by atoms with Gasteiger partial charge >= 0.3 is 0 Å². The highest BCUT2D eigenvalue weighted by Crippen LogP contribution is 2.27. The number of hydrogen-bond donors (Lipinski definition) is 1. The van der Waals surface area contributed by atoms with Crippen LogP contribution >= 0.6 is 0 Å². The first-order valence-electron chi connectivity index (χ1n) is 10.1. The van der Waals surface area contributed by atoms with Crippen molar-refractivity contribution in [1.29, 1.82) is 0 Å². The molecule has 1 aliphatic rings. The first-order valence-corrected chi connectivity index (χ1v) is 11.9. The van der Waals surface area contributed by atoms with E-state index in [1.807, 2.05) is 54.3 Å². The van der Waals surface area contributed by atoms with E-state index in [1.165, 1.54) is 0 Å². The van der Waals surface area contributed by atoms with E-state index in [0.717, 1.165) is 22.4 Å². The molecule has 0 aliphatic carbocycles. The van der Waals surface area contributed by atoms with Crippen LogP contribution in [0.2, 0.25) is 0 Å². The molecule has 1 aliphatic heterocycles. The first kappa shape index (κ1) is 20.8. The smallest absolute Gasteiger partial charge is 0.226 e. The van der Waals surface area contributed by atoms with Gasteiger partial charge in [-0.15, -0.1) is 0 Å². The fraction of sp³-hybridized carbons (Fsp3) is 0.348. The van der Waals surface area contributed by atoms with E-state index in [9.17, 15) is 13.5 Å². The van der Waals surface area contributed by atoms with E-state index in [-0.39, 0.29) is 24.2 Å². The summed E-state index contributed by atoms with van der Waals surface area (Å²) >= 11 is 0. The molecule has 1 saturated heterocycles. The molecule has 1 fully saturated rings. The van der Waals surface area contributed by atoms with Crippen LogP contribution in [0, 0.1) is 6.92 Å². The van der Waals surface area contributed by atoms with Crippen LogP contribution in [0.25, 0.3) is 22.6 Å². The molecule has 1 aromatic heterocycles. The molecule has 30 heavy (non-hydrogen) atoms. The van der Waals surface area contributed by atoms with Crippen molar-refractivity contribution in [2.45, 2.75) is 25.9 Å². The fourth-order valence-electron chi connectivity index (χ4n) is 3.91. The molecular weight excluding hydrogens is 400 g/mol. The molecule has 3 aromatic rings. The van der Waals surface area contributed by atoms with E-state index in [0.29, 0.717) is 31.2 Å². The Hall–Kier alpha value is -2.48. The molecule has 0 amide bonds. The molecule has 4 rings (SSSR count). The van der Waals surface area contributed by atoms with Gasteiger partial charge in [0.15, 0.2) is 9.84 Å². The van der Waals surface area contributed by atoms with Crippen LogP contribution < -0.4 is 0 Å². The SMILES string of the molecule is Cc1oc(-c2ccc(-c3ccccc3)cc2)nc1CN(CCO)[C@@H]1CCS(=O)(=O)C1. The molecular formula is C23H26N2O4S. The van der Waals surface area contributed by atoms with E-state index in [1.54, 1.807) is 0 Å². The second kappa shape index (κ2) is 8.71. The Morgan fingerprint density at radius 1 is 1.07 bits per heavy atom. The Morgan fingerprint density at radius 3 is 2.37 bits per heavy atom. The maximum absolute atomic E-state index is 11.9. The van der Waals surface area contributed by atoms with E-state index >= 15 is 0 Å². The number of nitrogens with zero attached hydrogens (tertiary/aromatic N) is 2. The molecule has 0 saturated carbocycles. The van der Waals surface area contributed by atoms with Crippen molar-refractivity contribution in [2.24, 2.45) is 0 Å². The van der Waals surface area contributed by atoms with Crippen LogP contribution in [0.1, 0.15) is 17.9 Å². The number of oxazole rings is 1. The highest BCUT2D eigenvalue weighted by molar-refractivity contribution is 7.91. The fourth-order valence-corrected chi connectivity index (χ4v) is 5.67. The summed E-state index contributed by atoms with van der Waals surface area (Å²) in [5.74, 6) is 1.60. The van der Waals surface area contributed by atoms with Gasteiger partial charge < -0.3 is 9.52 Å².